The molecular weight excluding hydrogens is 330 g/mol. The first-order valence-corrected chi connectivity index (χ1v) is 8.65. The molecule has 0 aromatic heterocycles. The molecule has 3 atom stereocenters. The average molecular weight is 354 g/mol. The zero-order valence-electron chi connectivity index (χ0n) is 14.3. The molecule has 1 N–H and O–H groups in total. The van der Waals surface area contributed by atoms with Gasteiger partial charge in [0.2, 0.25) is 0 Å². The maximum Gasteiger partial charge on any atom is 0.342 e. The van der Waals surface area contributed by atoms with Crippen molar-refractivity contribution in [2.24, 2.45) is 5.92 Å². The monoisotopic (exact) mass is 353 g/mol. The van der Waals surface area contributed by atoms with Gasteiger partial charge in [0.25, 0.3) is 5.91 Å². The summed E-state index contributed by atoms with van der Waals surface area (Å²) >= 11 is 5.92. The van der Waals surface area contributed by atoms with Gasteiger partial charge < -0.3 is 14.8 Å². The van der Waals surface area contributed by atoms with Crippen LogP contribution in [0.25, 0.3) is 0 Å². The van der Waals surface area contributed by atoms with Crippen LogP contribution in [0.1, 0.15) is 49.9 Å². The molecule has 1 saturated carbocycles. The Kier molecular flexibility index (Phi) is 6.49. The predicted octanol–water partition coefficient (Wildman–Crippen LogP) is 3.59. The number of methoxy groups -OCH3 is 1. The van der Waals surface area contributed by atoms with Crippen molar-refractivity contribution in [3.05, 3.63) is 28.8 Å². The fourth-order valence-electron chi connectivity index (χ4n) is 2.95. The normalized spacial score (nSPS) is 21.7. The van der Waals surface area contributed by atoms with E-state index in [2.05, 4.69) is 12.2 Å². The summed E-state index contributed by atoms with van der Waals surface area (Å²) in [4.78, 5) is 24.6. The maximum atomic E-state index is 12.3. The predicted molar refractivity (Wildman–Crippen MR) is 92.4 cm³/mol. The fourth-order valence-corrected chi connectivity index (χ4v) is 3.12. The Bertz CT molecular complexity index is 605. The van der Waals surface area contributed by atoms with Crippen LogP contribution in [-0.4, -0.2) is 31.1 Å². The summed E-state index contributed by atoms with van der Waals surface area (Å²) in [6.07, 6.45) is 3.51. The molecule has 1 amide bonds. The molecule has 0 aliphatic heterocycles. The summed E-state index contributed by atoms with van der Waals surface area (Å²) in [6, 6.07) is 4.83. The minimum atomic E-state index is -0.879. The summed E-state index contributed by atoms with van der Waals surface area (Å²) in [5.41, 5.74) is 0.204. The molecule has 6 heteroatoms. The number of amides is 1. The van der Waals surface area contributed by atoms with Crippen molar-refractivity contribution in [2.75, 3.05) is 7.11 Å². The van der Waals surface area contributed by atoms with Gasteiger partial charge in [0.1, 0.15) is 11.3 Å². The molecule has 0 bridgehead atoms. The Morgan fingerprint density at radius 1 is 1.29 bits per heavy atom. The molecule has 0 spiro atoms. The third kappa shape index (κ3) is 4.63. The summed E-state index contributed by atoms with van der Waals surface area (Å²) in [6.45, 7) is 3.70. The van der Waals surface area contributed by atoms with Gasteiger partial charge in [-0.25, -0.2) is 4.79 Å². The maximum absolute atomic E-state index is 12.3. The lowest BCUT2D eigenvalue weighted by atomic mass is 9.86. The molecule has 2 rings (SSSR count). The van der Waals surface area contributed by atoms with Crippen LogP contribution in [-0.2, 0) is 9.53 Å². The molecule has 5 nitrogen and oxygen atoms in total. The van der Waals surface area contributed by atoms with E-state index in [1.54, 1.807) is 19.1 Å². The highest BCUT2D eigenvalue weighted by Gasteiger charge is 2.27. The zero-order valence-corrected chi connectivity index (χ0v) is 15.1. The third-order valence-corrected chi connectivity index (χ3v) is 4.71. The molecule has 0 saturated heterocycles. The number of halogens is 1. The molecule has 0 unspecified atom stereocenters. The molecule has 0 radical (unpaired) electrons. The van der Waals surface area contributed by atoms with Crippen LogP contribution in [0.4, 0.5) is 0 Å². The van der Waals surface area contributed by atoms with Crippen LogP contribution in [0.2, 0.25) is 5.02 Å². The van der Waals surface area contributed by atoms with E-state index < -0.39 is 12.1 Å². The fraction of sp³-hybridized carbons (Fsp3) is 0.556. The first-order valence-electron chi connectivity index (χ1n) is 8.27. The van der Waals surface area contributed by atoms with Crippen LogP contribution in [0.3, 0.4) is 0 Å². The second kappa shape index (κ2) is 8.38. The van der Waals surface area contributed by atoms with Crippen LogP contribution in [0.15, 0.2) is 18.2 Å². The SMILES string of the molecule is COc1ccc(Cl)cc1C(=O)O[C@H](C)C(=O)N[C@H]1CCCC[C@@H]1C. The van der Waals surface area contributed by atoms with Gasteiger partial charge in [0.15, 0.2) is 6.10 Å². The zero-order chi connectivity index (χ0) is 17.7. The Morgan fingerprint density at radius 3 is 2.67 bits per heavy atom. The molecular formula is C18H24ClNO4. The first-order chi connectivity index (χ1) is 11.4. The number of rotatable bonds is 5. The highest BCUT2D eigenvalue weighted by Crippen LogP contribution is 2.25. The van der Waals surface area contributed by atoms with Crippen LogP contribution in [0.5, 0.6) is 5.75 Å². The van der Waals surface area contributed by atoms with Gasteiger partial charge in [-0.05, 0) is 43.9 Å². The van der Waals surface area contributed by atoms with Crippen LogP contribution < -0.4 is 10.1 Å². The summed E-state index contributed by atoms with van der Waals surface area (Å²) in [7, 11) is 1.46. The number of hydrogen-bond acceptors (Lipinski definition) is 4. The Labute approximate surface area is 147 Å². The lowest BCUT2D eigenvalue weighted by Crippen LogP contribution is -2.46. The van der Waals surface area contributed by atoms with E-state index in [9.17, 15) is 9.59 Å². The van der Waals surface area contributed by atoms with Gasteiger partial charge >= 0.3 is 5.97 Å². The van der Waals surface area contributed by atoms with E-state index in [4.69, 9.17) is 21.1 Å². The molecule has 1 aromatic rings. The second-order valence-electron chi connectivity index (χ2n) is 6.27. The molecule has 1 fully saturated rings. The lowest BCUT2D eigenvalue weighted by Gasteiger charge is -2.30. The van der Waals surface area contributed by atoms with Gasteiger partial charge in [-0.1, -0.05) is 31.4 Å². The number of carbonyl (C=O) groups excluding carboxylic acids is 2. The Morgan fingerprint density at radius 2 is 2.00 bits per heavy atom. The smallest absolute Gasteiger partial charge is 0.342 e. The van der Waals surface area contributed by atoms with E-state index in [0.29, 0.717) is 16.7 Å². The quantitative estimate of drug-likeness (QED) is 0.821. The Balaban J connectivity index is 1.98. The van der Waals surface area contributed by atoms with E-state index in [0.717, 1.165) is 19.3 Å². The van der Waals surface area contributed by atoms with Crippen molar-refractivity contribution in [2.45, 2.75) is 51.7 Å². The van der Waals surface area contributed by atoms with Gasteiger partial charge in [-0.15, -0.1) is 0 Å². The van der Waals surface area contributed by atoms with Crippen molar-refractivity contribution >= 4 is 23.5 Å². The molecule has 132 valence electrons. The van der Waals surface area contributed by atoms with E-state index in [1.807, 2.05) is 0 Å². The highest BCUT2D eigenvalue weighted by atomic mass is 35.5. The number of ether oxygens (including phenoxy) is 2. The molecule has 1 aliphatic carbocycles. The highest BCUT2D eigenvalue weighted by molar-refractivity contribution is 6.31. The van der Waals surface area contributed by atoms with Gasteiger partial charge in [-0.3, -0.25) is 4.79 Å². The largest absolute Gasteiger partial charge is 0.496 e. The summed E-state index contributed by atoms with van der Waals surface area (Å²) in [5.74, 6) is -0.103. The number of esters is 1. The average Bonchev–Trinajstić information content (AvgIpc) is 2.56. The standard InChI is InChI=1S/C18H24ClNO4/c1-11-6-4-5-7-15(11)20-17(21)12(2)24-18(22)14-10-13(19)8-9-16(14)23-3/h8-12,15H,4-7H2,1-3H3,(H,20,21)/t11-,12+,15-/m0/s1. The number of nitrogens with one attached hydrogen (secondary N) is 1. The summed E-state index contributed by atoms with van der Waals surface area (Å²) in [5, 5.41) is 3.39. The van der Waals surface area contributed by atoms with Gasteiger partial charge in [0.05, 0.1) is 7.11 Å². The topological polar surface area (TPSA) is 64.6 Å². The molecule has 0 heterocycles. The number of carbonyl (C=O) groups is 2. The van der Waals surface area contributed by atoms with Gasteiger partial charge in [-0.2, -0.15) is 0 Å². The number of hydrogen-bond donors (Lipinski definition) is 1. The van der Waals surface area contributed by atoms with Crippen molar-refractivity contribution in [1.29, 1.82) is 0 Å². The lowest BCUT2D eigenvalue weighted by molar-refractivity contribution is -0.130. The van der Waals surface area contributed by atoms with E-state index >= 15 is 0 Å². The van der Waals surface area contributed by atoms with E-state index in [1.165, 1.54) is 19.6 Å². The van der Waals surface area contributed by atoms with Crippen molar-refractivity contribution < 1.29 is 19.1 Å². The summed E-state index contributed by atoms with van der Waals surface area (Å²) < 4.78 is 10.4. The van der Waals surface area contributed by atoms with Gasteiger partial charge in [0, 0.05) is 11.1 Å². The second-order valence-corrected chi connectivity index (χ2v) is 6.71. The minimum absolute atomic E-state index is 0.146. The van der Waals surface area contributed by atoms with Crippen molar-refractivity contribution in [1.82, 2.24) is 5.32 Å². The molecule has 1 aliphatic rings. The van der Waals surface area contributed by atoms with Crippen LogP contribution >= 0.6 is 11.6 Å². The minimum Gasteiger partial charge on any atom is -0.496 e. The first kappa shape index (κ1) is 18.6. The van der Waals surface area contributed by atoms with Crippen molar-refractivity contribution in [3.63, 3.8) is 0 Å². The molecule has 24 heavy (non-hydrogen) atoms. The van der Waals surface area contributed by atoms with E-state index in [-0.39, 0.29) is 17.5 Å². The molecule has 1 aromatic carbocycles. The number of benzene rings is 1. The van der Waals surface area contributed by atoms with Crippen LogP contribution in [0, 0.1) is 5.92 Å². The third-order valence-electron chi connectivity index (χ3n) is 4.47. The Hall–Kier alpha value is -1.75. The van der Waals surface area contributed by atoms with Crippen molar-refractivity contribution in [3.8, 4) is 5.75 Å².